The number of hydrogen-bond donors (Lipinski definition) is 1. The van der Waals surface area contributed by atoms with Gasteiger partial charge in [0.25, 0.3) is 0 Å². The Morgan fingerprint density at radius 1 is 1.33 bits per heavy atom. The number of carbonyl (C=O) groups excluding carboxylic acids is 1. The van der Waals surface area contributed by atoms with E-state index >= 15 is 0 Å². The highest BCUT2D eigenvalue weighted by Crippen LogP contribution is 2.56. The molecule has 2 heterocycles. The largest absolute Gasteiger partial charge is 0.461 e. The summed E-state index contributed by atoms with van der Waals surface area (Å²) in [6.45, 7) is 7.40. The van der Waals surface area contributed by atoms with Gasteiger partial charge >= 0.3 is 5.97 Å². The summed E-state index contributed by atoms with van der Waals surface area (Å²) in [6, 6.07) is 0.522. The Hall–Kier alpha value is -0.910. The van der Waals surface area contributed by atoms with Crippen LogP contribution in [0.3, 0.4) is 0 Å². The molecule has 0 radical (unpaired) electrons. The van der Waals surface area contributed by atoms with E-state index in [0.717, 1.165) is 45.2 Å². The highest BCUT2D eigenvalue weighted by atomic mass is 16.6. The summed E-state index contributed by atoms with van der Waals surface area (Å²) in [4.78, 5) is 17.5. The first-order valence-corrected chi connectivity index (χ1v) is 10.8. The van der Waals surface area contributed by atoms with Crippen molar-refractivity contribution in [3.8, 4) is 0 Å². The lowest BCUT2D eigenvalue weighted by atomic mass is 9.55. The van der Waals surface area contributed by atoms with Crippen LogP contribution in [-0.4, -0.2) is 72.9 Å². The number of aliphatic hydroxyl groups is 1. The third-order valence-electron chi connectivity index (χ3n) is 8.37. The van der Waals surface area contributed by atoms with Crippen molar-refractivity contribution in [1.29, 1.82) is 0 Å². The lowest BCUT2D eigenvalue weighted by Gasteiger charge is -2.52. The molecule has 152 valence electrons. The maximum absolute atomic E-state index is 12.8. The molecule has 2 aliphatic heterocycles. The standard InChI is InChI=1S/C22H36N2O3/c1-14-6-5-7-15-12-18-19(20(25)22(14,15)2)17(21(26)27-18)13-24(4)16-8-10-23(3)11-9-16/h7,14,16-20,25H,5-6,8-13H2,1-4H3. The number of fused-ring (bicyclic) bond motifs is 2. The number of piperidine rings is 1. The Labute approximate surface area is 163 Å². The number of nitrogens with zero attached hydrogens (tertiary/aromatic N) is 2. The lowest BCUT2D eigenvalue weighted by molar-refractivity contribution is -0.145. The van der Waals surface area contributed by atoms with Crippen LogP contribution < -0.4 is 0 Å². The number of aliphatic hydroxyl groups excluding tert-OH is 1. The highest BCUT2D eigenvalue weighted by molar-refractivity contribution is 5.76. The van der Waals surface area contributed by atoms with E-state index in [9.17, 15) is 9.90 Å². The average molecular weight is 377 g/mol. The van der Waals surface area contributed by atoms with Crippen molar-refractivity contribution in [1.82, 2.24) is 9.80 Å². The number of esters is 1. The fraction of sp³-hybridized carbons (Fsp3) is 0.864. The third kappa shape index (κ3) is 3.16. The van der Waals surface area contributed by atoms with Crippen molar-refractivity contribution in [2.24, 2.45) is 23.2 Å². The second kappa shape index (κ2) is 7.16. The van der Waals surface area contributed by atoms with Crippen molar-refractivity contribution in [3.05, 3.63) is 11.6 Å². The van der Waals surface area contributed by atoms with Crippen molar-refractivity contribution < 1.29 is 14.6 Å². The monoisotopic (exact) mass is 376 g/mol. The molecule has 2 saturated heterocycles. The van der Waals surface area contributed by atoms with E-state index < -0.39 is 6.10 Å². The number of hydrogen-bond acceptors (Lipinski definition) is 5. The van der Waals surface area contributed by atoms with Crippen molar-refractivity contribution in [3.63, 3.8) is 0 Å². The molecule has 0 aromatic heterocycles. The first-order chi connectivity index (χ1) is 12.8. The van der Waals surface area contributed by atoms with E-state index in [0.29, 0.717) is 18.5 Å². The molecule has 5 heteroatoms. The Bertz CT molecular complexity index is 613. The molecule has 2 aliphatic carbocycles. The lowest BCUT2D eigenvalue weighted by Crippen LogP contribution is -2.55. The Morgan fingerprint density at radius 2 is 2.04 bits per heavy atom. The first-order valence-electron chi connectivity index (χ1n) is 10.8. The minimum Gasteiger partial charge on any atom is -0.461 e. The molecular formula is C22H36N2O3. The average Bonchev–Trinajstić information content (AvgIpc) is 2.94. The van der Waals surface area contributed by atoms with E-state index in [-0.39, 0.29) is 29.3 Å². The number of likely N-dealkylation sites (tertiary alicyclic amines) is 1. The van der Waals surface area contributed by atoms with Crippen LogP contribution in [0.2, 0.25) is 0 Å². The van der Waals surface area contributed by atoms with E-state index in [1.165, 1.54) is 5.57 Å². The molecule has 1 saturated carbocycles. The van der Waals surface area contributed by atoms with Crippen molar-refractivity contribution in [2.75, 3.05) is 33.7 Å². The van der Waals surface area contributed by atoms with Crippen LogP contribution in [0.5, 0.6) is 0 Å². The van der Waals surface area contributed by atoms with E-state index in [4.69, 9.17) is 4.74 Å². The van der Waals surface area contributed by atoms with Gasteiger partial charge in [0.05, 0.1) is 12.0 Å². The number of carbonyl (C=O) groups is 1. The predicted octanol–water partition coefficient (Wildman–Crippen LogP) is 2.30. The SMILES string of the molecule is CC1CCC=C2CC3OC(=O)C(CN(C)C4CCN(C)CC4)C3C(O)C21C. The van der Waals surface area contributed by atoms with Gasteiger partial charge in [-0.25, -0.2) is 0 Å². The highest BCUT2D eigenvalue weighted by Gasteiger charge is 2.59. The Balaban J connectivity index is 1.52. The molecule has 0 spiro atoms. The second-order valence-corrected chi connectivity index (χ2v) is 9.77. The molecule has 4 aliphatic rings. The van der Waals surface area contributed by atoms with Gasteiger partial charge in [0.1, 0.15) is 6.10 Å². The molecule has 1 N–H and O–H groups in total. The van der Waals surface area contributed by atoms with Gasteiger partial charge < -0.3 is 19.6 Å². The van der Waals surface area contributed by atoms with Gasteiger partial charge in [-0.15, -0.1) is 0 Å². The summed E-state index contributed by atoms with van der Waals surface area (Å²) in [5, 5.41) is 11.5. The summed E-state index contributed by atoms with van der Waals surface area (Å²) in [7, 11) is 4.31. The van der Waals surface area contributed by atoms with Gasteiger partial charge in [-0.05, 0) is 58.8 Å². The van der Waals surface area contributed by atoms with Crippen LogP contribution >= 0.6 is 0 Å². The summed E-state index contributed by atoms with van der Waals surface area (Å²) in [5.41, 5.74) is 1.10. The number of ether oxygens (including phenoxy) is 1. The van der Waals surface area contributed by atoms with Crippen molar-refractivity contribution >= 4 is 5.97 Å². The molecule has 4 rings (SSSR count). The number of allylic oxidation sites excluding steroid dienone is 1. The fourth-order valence-corrected chi connectivity index (χ4v) is 6.17. The topological polar surface area (TPSA) is 53.0 Å². The first kappa shape index (κ1) is 19.4. The van der Waals surface area contributed by atoms with Crippen LogP contribution in [-0.2, 0) is 9.53 Å². The van der Waals surface area contributed by atoms with Crippen molar-refractivity contribution in [2.45, 2.75) is 64.2 Å². The molecule has 6 atom stereocenters. The maximum Gasteiger partial charge on any atom is 0.311 e. The smallest absolute Gasteiger partial charge is 0.311 e. The zero-order valence-corrected chi connectivity index (χ0v) is 17.4. The zero-order chi connectivity index (χ0) is 19.3. The molecular weight excluding hydrogens is 340 g/mol. The Kier molecular flexibility index (Phi) is 5.15. The van der Waals surface area contributed by atoms with Crippen LogP contribution in [0.25, 0.3) is 0 Å². The normalized spacial score (nSPS) is 43.3. The molecule has 3 fully saturated rings. The van der Waals surface area contributed by atoms with Crippen LogP contribution in [0.4, 0.5) is 0 Å². The zero-order valence-electron chi connectivity index (χ0n) is 17.4. The maximum atomic E-state index is 12.8. The molecule has 0 aromatic carbocycles. The molecule has 27 heavy (non-hydrogen) atoms. The summed E-state index contributed by atoms with van der Waals surface area (Å²) < 4.78 is 5.81. The minimum absolute atomic E-state index is 0.0751. The van der Waals surface area contributed by atoms with Crippen LogP contribution in [0.15, 0.2) is 11.6 Å². The van der Waals surface area contributed by atoms with E-state index in [1.54, 1.807) is 0 Å². The van der Waals surface area contributed by atoms with Crippen LogP contribution in [0.1, 0.15) is 46.0 Å². The fourth-order valence-electron chi connectivity index (χ4n) is 6.17. The van der Waals surface area contributed by atoms with E-state index in [1.807, 2.05) is 0 Å². The van der Waals surface area contributed by atoms with Gasteiger partial charge in [-0.1, -0.05) is 25.5 Å². The van der Waals surface area contributed by atoms with Gasteiger partial charge in [0, 0.05) is 30.3 Å². The summed E-state index contributed by atoms with van der Waals surface area (Å²) >= 11 is 0. The molecule has 0 bridgehead atoms. The van der Waals surface area contributed by atoms with Gasteiger partial charge in [-0.3, -0.25) is 4.79 Å². The second-order valence-electron chi connectivity index (χ2n) is 9.77. The summed E-state index contributed by atoms with van der Waals surface area (Å²) in [5.74, 6) is 0.0619. The van der Waals surface area contributed by atoms with Crippen LogP contribution in [0, 0.1) is 23.2 Å². The predicted molar refractivity (Wildman–Crippen MR) is 105 cm³/mol. The molecule has 0 amide bonds. The summed E-state index contributed by atoms with van der Waals surface area (Å²) in [6.07, 6.45) is 6.94. The number of rotatable bonds is 3. The van der Waals surface area contributed by atoms with Gasteiger partial charge in [0.15, 0.2) is 0 Å². The Morgan fingerprint density at radius 3 is 2.74 bits per heavy atom. The molecule has 6 unspecified atom stereocenters. The quantitative estimate of drug-likeness (QED) is 0.605. The molecule has 0 aromatic rings. The minimum atomic E-state index is -0.500. The van der Waals surface area contributed by atoms with Gasteiger partial charge in [0.2, 0.25) is 0 Å². The molecule has 5 nitrogen and oxygen atoms in total. The van der Waals surface area contributed by atoms with E-state index in [2.05, 4.69) is 43.8 Å². The van der Waals surface area contributed by atoms with Gasteiger partial charge in [-0.2, -0.15) is 0 Å². The third-order valence-corrected chi connectivity index (χ3v) is 8.37.